The van der Waals surface area contributed by atoms with Crippen LogP contribution in [0.2, 0.25) is 0 Å². The number of hydrogen-bond acceptors (Lipinski definition) is 4. The lowest BCUT2D eigenvalue weighted by molar-refractivity contribution is 0.178. The van der Waals surface area contributed by atoms with Crippen LogP contribution in [0.1, 0.15) is 39.0 Å². The average molecular weight is 289 g/mol. The van der Waals surface area contributed by atoms with Crippen LogP contribution in [0.3, 0.4) is 0 Å². The van der Waals surface area contributed by atoms with Crippen molar-refractivity contribution < 1.29 is 8.42 Å². The Morgan fingerprint density at radius 1 is 1.32 bits per heavy atom. The Bertz CT molecular complexity index is 379. The Balaban J connectivity index is 1.83. The van der Waals surface area contributed by atoms with Gasteiger partial charge in [-0.2, -0.15) is 0 Å². The van der Waals surface area contributed by atoms with Gasteiger partial charge < -0.3 is 10.2 Å². The third kappa shape index (κ3) is 4.70. The maximum Gasteiger partial charge on any atom is 0.213 e. The quantitative estimate of drug-likeness (QED) is 0.792. The summed E-state index contributed by atoms with van der Waals surface area (Å²) in [4.78, 5) is 2.29. The van der Waals surface area contributed by atoms with Gasteiger partial charge in [-0.05, 0) is 52.7 Å². The van der Waals surface area contributed by atoms with Crippen molar-refractivity contribution in [3.63, 3.8) is 0 Å². The molecule has 19 heavy (non-hydrogen) atoms. The lowest BCUT2D eigenvalue weighted by atomic mass is 10.0. The first-order valence-corrected chi connectivity index (χ1v) is 9.05. The van der Waals surface area contributed by atoms with Gasteiger partial charge in [0.2, 0.25) is 10.0 Å². The van der Waals surface area contributed by atoms with E-state index in [2.05, 4.69) is 28.9 Å². The van der Waals surface area contributed by atoms with Crippen molar-refractivity contribution in [3.8, 4) is 0 Å². The molecule has 112 valence electrons. The summed E-state index contributed by atoms with van der Waals surface area (Å²) in [6.07, 6.45) is 5.10. The average Bonchev–Trinajstić information content (AvgIpc) is 2.34. The topological polar surface area (TPSA) is 61.4 Å². The standard InChI is InChI=1S/C13H27N3O2S/c1-11-9-12(6-8-16(11)2)15-19(17,18)10-13-5-3-4-7-14-13/h11-15H,3-10H2,1-2H3. The smallest absolute Gasteiger partial charge is 0.213 e. The molecule has 0 amide bonds. The van der Waals surface area contributed by atoms with Crippen LogP contribution in [-0.4, -0.2) is 57.3 Å². The molecule has 0 aromatic heterocycles. The van der Waals surface area contributed by atoms with Crippen molar-refractivity contribution in [2.45, 2.75) is 57.2 Å². The van der Waals surface area contributed by atoms with Gasteiger partial charge in [-0.3, -0.25) is 0 Å². The Morgan fingerprint density at radius 2 is 2.11 bits per heavy atom. The fourth-order valence-corrected chi connectivity index (χ4v) is 4.66. The Hall–Kier alpha value is -0.170. The van der Waals surface area contributed by atoms with Crippen LogP contribution in [0, 0.1) is 0 Å². The van der Waals surface area contributed by atoms with E-state index in [1.807, 2.05) is 0 Å². The van der Waals surface area contributed by atoms with E-state index in [1.54, 1.807) is 0 Å². The van der Waals surface area contributed by atoms with Crippen molar-refractivity contribution in [3.05, 3.63) is 0 Å². The summed E-state index contributed by atoms with van der Waals surface area (Å²) in [6.45, 7) is 4.07. The second kappa shape index (κ2) is 6.52. The predicted molar refractivity (Wildman–Crippen MR) is 77.7 cm³/mol. The summed E-state index contributed by atoms with van der Waals surface area (Å²) in [6, 6.07) is 0.698. The van der Waals surface area contributed by atoms with E-state index in [0.29, 0.717) is 6.04 Å². The third-order valence-corrected chi connectivity index (χ3v) is 5.92. The number of hydrogen-bond donors (Lipinski definition) is 2. The van der Waals surface area contributed by atoms with E-state index in [1.165, 1.54) is 0 Å². The van der Waals surface area contributed by atoms with Gasteiger partial charge in [0.1, 0.15) is 0 Å². The summed E-state index contributed by atoms with van der Waals surface area (Å²) in [5.74, 6) is 0.230. The first kappa shape index (κ1) is 15.2. The summed E-state index contributed by atoms with van der Waals surface area (Å²) in [5, 5.41) is 3.30. The molecule has 0 aromatic rings. The van der Waals surface area contributed by atoms with E-state index in [9.17, 15) is 8.42 Å². The molecule has 0 saturated carbocycles. The molecule has 2 heterocycles. The first-order chi connectivity index (χ1) is 8.96. The number of likely N-dealkylation sites (tertiary alicyclic amines) is 1. The third-order valence-electron chi connectivity index (χ3n) is 4.39. The molecule has 6 heteroatoms. The number of rotatable bonds is 4. The van der Waals surface area contributed by atoms with E-state index >= 15 is 0 Å². The minimum absolute atomic E-state index is 0.111. The number of sulfonamides is 1. The maximum absolute atomic E-state index is 12.2. The zero-order valence-corrected chi connectivity index (χ0v) is 12.9. The molecule has 3 unspecified atom stereocenters. The molecule has 5 nitrogen and oxygen atoms in total. The second-order valence-electron chi connectivity index (χ2n) is 6.10. The van der Waals surface area contributed by atoms with Gasteiger partial charge in [-0.1, -0.05) is 6.42 Å². The second-order valence-corrected chi connectivity index (χ2v) is 7.90. The molecule has 0 aromatic carbocycles. The van der Waals surface area contributed by atoms with Gasteiger partial charge in [-0.15, -0.1) is 0 Å². The Kier molecular flexibility index (Phi) is 5.22. The van der Waals surface area contributed by atoms with Gasteiger partial charge in [0, 0.05) is 18.1 Å². The van der Waals surface area contributed by atoms with Gasteiger partial charge >= 0.3 is 0 Å². The van der Waals surface area contributed by atoms with Crippen LogP contribution in [0.4, 0.5) is 0 Å². The SMILES string of the molecule is CC1CC(NS(=O)(=O)CC2CCCCN2)CCN1C. The van der Waals surface area contributed by atoms with Crippen LogP contribution in [0.5, 0.6) is 0 Å². The van der Waals surface area contributed by atoms with E-state index in [0.717, 1.165) is 45.2 Å². The summed E-state index contributed by atoms with van der Waals surface area (Å²) in [5.41, 5.74) is 0. The molecule has 0 bridgehead atoms. The molecular weight excluding hydrogens is 262 g/mol. The van der Waals surface area contributed by atoms with Crippen molar-refractivity contribution in [1.82, 2.24) is 14.9 Å². The number of piperidine rings is 2. The van der Waals surface area contributed by atoms with Crippen LogP contribution < -0.4 is 10.0 Å². The summed E-state index contributed by atoms with van der Waals surface area (Å²) in [7, 11) is -1.05. The first-order valence-electron chi connectivity index (χ1n) is 7.40. The van der Waals surface area contributed by atoms with Crippen molar-refractivity contribution in [2.24, 2.45) is 0 Å². The Morgan fingerprint density at radius 3 is 2.74 bits per heavy atom. The molecule has 3 atom stereocenters. The lowest BCUT2D eigenvalue weighted by Crippen LogP contribution is -2.50. The van der Waals surface area contributed by atoms with Crippen LogP contribution in [-0.2, 0) is 10.0 Å². The Labute approximate surface area is 117 Å². The zero-order valence-electron chi connectivity index (χ0n) is 12.1. The summed E-state index contributed by atoms with van der Waals surface area (Å²) < 4.78 is 27.3. The fraction of sp³-hybridized carbons (Fsp3) is 1.00. The molecular formula is C13H27N3O2S. The lowest BCUT2D eigenvalue weighted by Gasteiger charge is -2.35. The van der Waals surface area contributed by atoms with Crippen LogP contribution in [0.25, 0.3) is 0 Å². The normalized spacial score (nSPS) is 34.3. The van der Waals surface area contributed by atoms with Crippen LogP contribution >= 0.6 is 0 Å². The molecule has 0 spiro atoms. The molecule has 2 fully saturated rings. The minimum atomic E-state index is -3.15. The molecule has 0 aliphatic carbocycles. The summed E-state index contributed by atoms with van der Waals surface area (Å²) >= 11 is 0. The van der Waals surface area contributed by atoms with E-state index in [4.69, 9.17) is 0 Å². The van der Waals surface area contributed by atoms with Gasteiger partial charge in [0.25, 0.3) is 0 Å². The molecule has 2 aliphatic heterocycles. The van der Waals surface area contributed by atoms with Gasteiger partial charge in [-0.25, -0.2) is 13.1 Å². The molecule has 2 rings (SSSR count). The van der Waals surface area contributed by atoms with Crippen molar-refractivity contribution in [1.29, 1.82) is 0 Å². The predicted octanol–water partition coefficient (Wildman–Crippen LogP) is 0.531. The monoisotopic (exact) mass is 289 g/mol. The van der Waals surface area contributed by atoms with Crippen molar-refractivity contribution >= 4 is 10.0 Å². The van der Waals surface area contributed by atoms with Crippen molar-refractivity contribution in [2.75, 3.05) is 25.9 Å². The van der Waals surface area contributed by atoms with Gasteiger partial charge in [0.15, 0.2) is 0 Å². The number of nitrogens with zero attached hydrogens (tertiary/aromatic N) is 1. The van der Waals surface area contributed by atoms with Crippen LogP contribution in [0.15, 0.2) is 0 Å². The van der Waals surface area contributed by atoms with Gasteiger partial charge in [0.05, 0.1) is 5.75 Å². The zero-order chi connectivity index (χ0) is 13.9. The van der Waals surface area contributed by atoms with E-state index < -0.39 is 10.0 Å². The largest absolute Gasteiger partial charge is 0.313 e. The highest BCUT2D eigenvalue weighted by Gasteiger charge is 2.28. The van der Waals surface area contributed by atoms with E-state index in [-0.39, 0.29) is 17.8 Å². The minimum Gasteiger partial charge on any atom is -0.313 e. The number of nitrogens with one attached hydrogen (secondary N) is 2. The highest BCUT2D eigenvalue weighted by atomic mass is 32.2. The molecule has 2 N–H and O–H groups in total. The maximum atomic E-state index is 12.2. The highest BCUT2D eigenvalue weighted by Crippen LogP contribution is 2.16. The molecule has 0 radical (unpaired) electrons. The fourth-order valence-electron chi connectivity index (χ4n) is 3.03. The molecule has 2 aliphatic rings. The molecule has 2 saturated heterocycles. The highest BCUT2D eigenvalue weighted by molar-refractivity contribution is 7.89.